The molecule has 1 N–H and O–H groups in total. The summed E-state index contributed by atoms with van der Waals surface area (Å²) in [6.07, 6.45) is 4.95. The molecule has 3 atom stereocenters. The normalized spacial score (nSPS) is 23.3. The number of hydrogen-bond acceptors (Lipinski definition) is 4. The van der Waals surface area contributed by atoms with Gasteiger partial charge in [0.2, 0.25) is 0 Å². The van der Waals surface area contributed by atoms with Gasteiger partial charge in [0.25, 0.3) is 0 Å². The summed E-state index contributed by atoms with van der Waals surface area (Å²) in [7, 11) is 1.87. The molecule has 2 aliphatic rings. The molecule has 0 bridgehead atoms. The summed E-state index contributed by atoms with van der Waals surface area (Å²) < 4.78 is 7.81. The number of hydrogen-bond donors (Lipinski definition) is 1. The van der Waals surface area contributed by atoms with Crippen LogP contribution in [0.1, 0.15) is 62.4 Å². The van der Waals surface area contributed by atoms with Crippen molar-refractivity contribution in [3.05, 3.63) is 35.8 Å². The number of urea groups is 1. The zero-order chi connectivity index (χ0) is 17.6. The van der Waals surface area contributed by atoms with Crippen LogP contribution in [0.15, 0.2) is 22.9 Å². The molecule has 0 spiro atoms. The summed E-state index contributed by atoms with van der Waals surface area (Å²) in [4.78, 5) is 14.6. The molecule has 7 heteroatoms. The van der Waals surface area contributed by atoms with Gasteiger partial charge in [0, 0.05) is 19.0 Å². The van der Waals surface area contributed by atoms with Crippen molar-refractivity contribution in [1.82, 2.24) is 25.0 Å². The first-order chi connectivity index (χ1) is 12.0. The van der Waals surface area contributed by atoms with Gasteiger partial charge in [0.05, 0.1) is 12.6 Å². The topological polar surface area (TPSA) is 76.2 Å². The van der Waals surface area contributed by atoms with Crippen molar-refractivity contribution in [2.24, 2.45) is 13.0 Å². The van der Waals surface area contributed by atoms with Crippen LogP contribution >= 0.6 is 0 Å². The van der Waals surface area contributed by atoms with Crippen LogP contribution in [0, 0.1) is 5.92 Å². The Morgan fingerprint density at radius 3 is 2.84 bits per heavy atom. The molecule has 4 rings (SSSR count). The van der Waals surface area contributed by atoms with Gasteiger partial charge in [0.15, 0.2) is 5.82 Å². The Hall–Kier alpha value is -2.31. The maximum Gasteiger partial charge on any atom is 0.318 e. The third-order valence-corrected chi connectivity index (χ3v) is 5.21. The highest BCUT2D eigenvalue weighted by Gasteiger charge is 2.37. The average Bonchev–Trinajstić information content (AvgIpc) is 3.45. The first-order valence-electron chi connectivity index (χ1n) is 9.02. The predicted octanol–water partition coefficient (Wildman–Crippen LogP) is 2.97. The molecule has 0 radical (unpaired) electrons. The van der Waals surface area contributed by atoms with Gasteiger partial charge in [-0.15, -0.1) is 10.2 Å². The molecule has 2 saturated carbocycles. The molecule has 2 aliphatic carbocycles. The molecule has 7 nitrogen and oxygen atoms in total. The van der Waals surface area contributed by atoms with E-state index in [9.17, 15) is 4.79 Å². The molecule has 25 heavy (non-hydrogen) atoms. The van der Waals surface area contributed by atoms with Crippen molar-refractivity contribution < 1.29 is 9.21 Å². The Labute approximate surface area is 147 Å². The highest BCUT2D eigenvalue weighted by Crippen LogP contribution is 2.47. The Morgan fingerprint density at radius 2 is 2.24 bits per heavy atom. The second-order valence-corrected chi connectivity index (χ2v) is 7.45. The minimum Gasteiger partial charge on any atom is -0.464 e. The lowest BCUT2D eigenvalue weighted by atomic mass is 10.3. The Kier molecular flexibility index (Phi) is 4.01. The molecule has 2 amide bonds. The van der Waals surface area contributed by atoms with E-state index in [-0.39, 0.29) is 12.1 Å². The third-order valence-electron chi connectivity index (χ3n) is 5.21. The second-order valence-electron chi connectivity index (χ2n) is 7.45. The van der Waals surface area contributed by atoms with Crippen LogP contribution in [-0.2, 0) is 13.6 Å². The summed E-state index contributed by atoms with van der Waals surface area (Å²) in [6.45, 7) is 4.68. The summed E-state index contributed by atoms with van der Waals surface area (Å²) in [5.41, 5.74) is 0. The lowest BCUT2D eigenvalue weighted by Gasteiger charge is -2.24. The van der Waals surface area contributed by atoms with E-state index in [4.69, 9.17) is 4.42 Å². The average molecular weight is 343 g/mol. The molecule has 2 heterocycles. The van der Waals surface area contributed by atoms with E-state index in [2.05, 4.69) is 28.5 Å². The predicted molar refractivity (Wildman–Crippen MR) is 91.7 cm³/mol. The minimum absolute atomic E-state index is 0.0734. The van der Waals surface area contributed by atoms with Gasteiger partial charge in [-0.2, -0.15) is 0 Å². The van der Waals surface area contributed by atoms with Crippen LogP contribution in [0.3, 0.4) is 0 Å². The second kappa shape index (κ2) is 6.20. The van der Waals surface area contributed by atoms with Crippen molar-refractivity contribution in [1.29, 1.82) is 0 Å². The van der Waals surface area contributed by atoms with Crippen molar-refractivity contribution >= 4 is 6.03 Å². The Balaban J connectivity index is 1.41. The molecule has 134 valence electrons. The fourth-order valence-electron chi connectivity index (χ4n) is 3.33. The van der Waals surface area contributed by atoms with Gasteiger partial charge in [-0.25, -0.2) is 4.79 Å². The number of carbonyl (C=O) groups excluding carboxylic acids is 1. The summed E-state index contributed by atoms with van der Waals surface area (Å²) in [5, 5.41) is 11.0. The molecule has 0 saturated heterocycles. The Morgan fingerprint density at radius 1 is 1.48 bits per heavy atom. The van der Waals surface area contributed by atoms with E-state index < -0.39 is 0 Å². The molecular formula is C18H25N5O2. The highest BCUT2D eigenvalue weighted by molar-refractivity contribution is 5.75. The van der Waals surface area contributed by atoms with Crippen molar-refractivity contribution in [3.63, 3.8) is 0 Å². The van der Waals surface area contributed by atoms with Crippen LogP contribution in [0.5, 0.6) is 0 Å². The fraction of sp³-hybridized carbons (Fsp3) is 0.611. The fourth-order valence-corrected chi connectivity index (χ4v) is 3.33. The molecule has 2 aromatic heterocycles. The van der Waals surface area contributed by atoms with E-state index in [1.54, 1.807) is 6.33 Å². The zero-order valence-corrected chi connectivity index (χ0v) is 15.0. The SMILES string of the molecule is C[C@H](NC(=O)N(Cc1ccc([C@H]2C[C@@H]2C)o1)C1CC1)c1nncn1C. The zero-order valence-electron chi connectivity index (χ0n) is 15.0. The maximum absolute atomic E-state index is 12.8. The number of nitrogens with zero attached hydrogens (tertiary/aromatic N) is 4. The largest absolute Gasteiger partial charge is 0.464 e. The molecule has 2 aromatic rings. The van der Waals surface area contributed by atoms with E-state index in [1.807, 2.05) is 29.5 Å². The number of aryl methyl sites for hydroxylation is 1. The van der Waals surface area contributed by atoms with Gasteiger partial charge in [-0.05, 0) is 44.2 Å². The molecule has 0 aliphatic heterocycles. The van der Waals surface area contributed by atoms with E-state index >= 15 is 0 Å². The van der Waals surface area contributed by atoms with Gasteiger partial charge in [-0.1, -0.05) is 6.92 Å². The molecule has 2 fully saturated rings. The van der Waals surface area contributed by atoms with Crippen LogP contribution in [0.25, 0.3) is 0 Å². The van der Waals surface area contributed by atoms with E-state index in [1.165, 1.54) is 6.42 Å². The number of furan rings is 1. The summed E-state index contributed by atoms with van der Waals surface area (Å²) >= 11 is 0. The maximum atomic E-state index is 12.8. The van der Waals surface area contributed by atoms with Gasteiger partial charge in [0.1, 0.15) is 17.8 Å². The number of amides is 2. The van der Waals surface area contributed by atoms with Crippen LogP contribution in [0.4, 0.5) is 4.79 Å². The van der Waals surface area contributed by atoms with Gasteiger partial charge in [-0.3, -0.25) is 0 Å². The molecule has 0 unspecified atom stereocenters. The third kappa shape index (κ3) is 3.41. The lowest BCUT2D eigenvalue weighted by Crippen LogP contribution is -2.42. The van der Waals surface area contributed by atoms with Gasteiger partial charge >= 0.3 is 6.03 Å². The van der Waals surface area contributed by atoms with E-state index in [0.717, 1.165) is 30.2 Å². The van der Waals surface area contributed by atoms with Gasteiger partial charge < -0.3 is 19.2 Å². The number of carbonyl (C=O) groups is 1. The monoisotopic (exact) mass is 343 g/mol. The standard InChI is InChI=1S/C18H25N5O2/c1-11-8-15(11)16-7-6-14(25-16)9-23(13-4-5-13)18(24)20-12(2)17-21-19-10-22(17)3/h6-7,10-13,15H,4-5,8-9H2,1-3H3,(H,20,24)/t11-,12-,15-/m0/s1. The van der Waals surface area contributed by atoms with Crippen molar-refractivity contribution in [3.8, 4) is 0 Å². The van der Waals surface area contributed by atoms with Crippen LogP contribution in [-0.4, -0.2) is 31.7 Å². The summed E-state index contributed by atoms with van der Waals surface area (Å²) in [5.74, 6) is 3.95. The minimum atomic E-state index is -0.194. The van der Waals surface area contributed by atoms with Crippen molar-refractivity contribution in [2.45, 2.75) is 57.7 Å². The van der Waals surface area contributed by atoms with E-state index in [0.29, 0.717) is 24.4 Å². The lowest BCUT2D eigenvalue weighted by molar-refractivity contribution is 0.182. The summed E-state index contributed by atoms with van der Waals surface area (Å²) in [6, 6.07) is 4.11. The molecule has 0 aromatic carbocycles. The van der Waals surface area contributed by atoms with Crippen molar-refractivity contribution in [2.75, 3.05) is 0 Å². The smallest absolute Gasteiger partial charge is 0.318 e. The van der Waals surface area contributed by atoms with Crippen LogP contribution < -0.4 is 5.32 Å². The highest BCUT2D eigenvalue weighted by atomic mass is 16.3. The first kappa shape index (κ1) is 16.2. The first-order valence-corrected chi connectivity index (χ1v) is 9.02. The quantitative estimate of drug-likeness (QED) is 0.875. The Bertz CT molecular complexity index is 763. The van der Waals surface area contributed by atoms with Crippen LogP contribution in [0.2, 0.25) is 0 Å². The number of rotatable bonds is 6. The number of aromatic nitrogens is 3. The number of nitrogens with one attached hydrogen (secondary N) is 1. The molecular weight excluding hydrogens is 318 g/mol.